The van der Waals surface area contributed by atoms with Crippen LogP contribution in [0.2, 0.25) is 0 Å². The maximum atomic E-state index is 10.2. The number of phenols is 1. The van der Waals surface area contributed by atoms with E-state index < -0.39 is 8.65 Å². The number of aromatic hydroxyl groups is 1. The molecule has 84 heavy (non-hydrogen) atoms. The molecule has 0 spiro atoms. The van der Waals surface area contributed by atoms with Gasteiger partial charge >= 0.3 is 0 Å². The number of carbonyl (C=O) groups is 1. The van der Waals surface area contributed by atoms with Crippen molar-refractivity contribution < 1.29 is 47.2 Å². The lowest BCUT2D eigenvalue weighted by atomic mass is 9.93. The lowest BCUT2D eigenvalue weighted by Gasteiger charge is -2.19. The molecule has 0 bridgehead atoms. The van der Waals surface area contributed by atoms with Crippen molar-refractivity contribution in [3.63, 3.8) is 0 Å². The number of hydrogen-bond donors (Lipinski definition) is 1. The predicted octanol–water partition coefficient (Wildman–Crippen LogP) is 22.2. The zero-order chi connectivity index (χ0) is 58.5. The number of furan rings is 2. The highest BCUT2D eigenvalue weighted by molar-refractivity contribution is 9.12. The van der Waals surface area contributed by atoms with E-state index in [0.717, 1.165) is 124 Å². The first-order valence-corrected chi connectivity index (χ1v) is 33.9. The van der Waals surface area contributed by atoms with Gasteiger partial charge in [-0.25, -0.2) is 0 Å². The summed E-state index contributed by atoms with van der Waals surface area (Å²) < 4.78 is 55.0. The number of phenolic OH excluding ortho intramolecular Hbond substituents is 1. The Kier molecular flexibility index (Phi) is 16.4. The van der Waals surface area contributed by atoms with E-state index in [1.54, 1.807) is 12.1 Å². The van der Waals surface area contributed by atoms with Gasteiger partial charge in [-0.2, -0.15) is 0 Å². The van der Waals surface area contributed by atoms with Crippen LogP contribution in [-0.2, 0) is 8.65 Å². The summed E-state index contributed by atoms with van der Waals surface area (Å²) in [5.41, 5.74) is 8.70. The zero-order valence-electron chi connectivity index (χ0n) is 42.3. The van der Waals surface area contributed by atoms with Crippen molar-refractivity contribution in [2.45, 2.75) is 33.4 Å². The molecule has 17 rings (SSSR count). The molecule has 6 aliphatic heterocycles. The summed E-state index contributed by atoms with van der Waals surface area (Å²) in [4.78, 5) is 10.2. The van der Waals surface area contributed by atoms with Gasteiger partial charge in [0.25, 0.3) is 24.6 Å². The summed E-state index contributed by atoms with van der Waals surface area (Å²) >= 11 is 38.9. The Balaban J connectivity index is 0.0000000993. The number of fused-ring (bicyclic) bond motifs is 20. The third-order valence-electron chi connectivity index (χ3n) is 14.4. The molecule has 0 saturated carbocycles. The van der Waals surface area contributed by atoms with Crippen LogP contribution in [0, 0.1) is 0 Å². The smallest absolute Gasteiger partial charge is 0.299 e. The van der Waals surface area contributed by atoms with Crippen LogP contribution in [0.5, 0.6) is 40.2 Å². The van der Waals surface area contributed by atoms with Gasteiger partial charge in [0.1, 0.15) is 51.4 Å². The molecular weight excluding hydrogens is 1800 g/mol. The van der Waals surface area contributed by atoms with Gasteiger partial charge in [0.2, 0.25) is 0 Å². The molecule has 0 amide bonds. The molecule has 6 aliphatic rings. The topological polar surface area (TPSA) is 119 Å². The van der Waals surface area contributed by atoms with Crippen LogP contribution in [0.15, 0.2) is 213 Å². The fraction of sp³-hybridized carbons (Fsp3) is 0.0952. The van der Waals surface area contributed by atoms with E-state index in [0.29, 0.717) is 17.6 Å². The molecular formula is C63H33Br11O10. The summed E-state index contributed by atoms with van der Waals surface area (Å²) in [5.74, 6) is 6.02. The number of alkyl halides is 2. The molecule has 10 nitrogen and oxygen atoms in total. The molecule has 0 radical (unpaired) electrons. The van der Waals surface area contributed by atoms with Gasteiger partial charge in [-0.1, -0.05) is 175 Å². The van der Waals surface area contributed by atoms with E-state index in [9.17, 15) is 4.79 Å². The molecule has 9 aromatic carbocycles. The highest BCUT2D eigenvalue weighted by atomic mass is 79.9. The van der Waals surface area contributed by atoms with Crippen molar-refractivity contribution in [3.05, 3.63) is 243 Å². The van der Waals surface area contributed by atoms with Crippen LogP contribution >= 0.6 is 175 Å². The zero-order valence-corrected chi connectivity index (χ0v) is 59.7. The third kappa shape index (κ3) is 10.8. The fourth-order valence-corrected chi connectivity index (χ4v) is 15.6. The number of aldehydes is 1. The van der Waals surface area contributed by atoms with Gasteiger partial charge in [0.05, 0.1) is 16.9 Å². The molecule has 0 fully saturated rings. The van der Waals surface area contributed by atoms with E-state index in [-0.39, 0.29) is 30.5 Å². The molecule has 0 unspecified atom stereocenters. The molecule has 21 heteroatoms. The Bertz CT molecular complexity index is 4130. The van der Waals surface area contributed by atoms with Crippen molar-refractivity contribution >= 4 is 215 Å². The first-order chi connectivity index (χ1) is 40.3. The van der Waals surface area contributed by atoms with Crippen molar-refractivity contribution in [3.8, 4) is 40.2 Å². The second-order valence-electron chi connectivity index (χ2n) is 19.5. The van der Waals surface area contributed by atoms with Crippen LogP contribution in [0.3, 0.4) is 0 Å². The summed E-state index contributed by atoms with van der Waals surface area (Å²) in [5, 5.41) is 12.1. The molecule has 8 heterocycles. The van der Waals surface area contributed by atoms with E-state index in [4.69, 9.17) is 42.4 Å². The minimum atomic E-state index is -0.439. The standard InChI is InChI=1S/2C14H7Br3O2.C14H8Br2O2.C14H6Br2O2.C7H5BrO2/c2*15-7-1-3-11-9(5-7)14(17)10-6-8(16)2-4-12(10)19-13(14)18-11;2*15-7-1-3-11-9(5-7)13-10-6-8(16)2-4-12(10)18-14(13)17-11;8-6-1-2-7(10)5(3-6)4-9/h2*1-6,13H;1-6,13-14H;1-6H;1-4,10H. The van der Waals surface area contributed by atoms with E-state index in [1.165, 1.54) is 17.2 Å². The van der Waals surface area contributed by atoms with Gasteiger partial charge in [0, 0.05) is 84.4 Å². The summed E-state index contributed by atoms with van der Waals surface area (Å²) in [6, 6.07) is 52.8. The molecule has 2 aromatic heterocycles. The average molecular weight is 1830 g/mol. The second-order valence-corrected chi connectivity index (χ2v) is 30.3. The number of halogens is 11. The number of rotatable bonds is 1. The van der Waals surface area contributed by atoms with Crippen molar-refractivity contribution in [2.75, 3.05) is 0 Å². The number of carbonyl (C=O) groups excluding carboxylic acids is 1. The first kappa shape index (κ1) is 58.9. The van der Waals surface area contributed by atoms with Crippen LogP contribution < -0.4 is 28.4 Å². The molecule has 422 valence electrons. The maximum absolute atomic E-state index is 10.2. The Morgan fingerprint density at radius 1 is 0.381 bits per heavy atom. The first-order valence-electron chi connectivity index (χ1n) is 25.2. The van der Waals surface area contributed by atoms with Crippen molar-refractivity contribution in [1.82, 2.24) is 0 Å². The minimum absolute atomic E-state index is 0.0122. The molecule has 0 atom stereocenters. The molecule has 11 aromatic rings. The lowest BCUT2D eigenvalue weighted by Crippen LogP contribution is -2.31. The normalized spacial score (nSPS) is 20.4. The number of benzene rings is 9. The highest BCUT2D eigenvalue weighted by Gasteiger charge is 2.57. The van der Waals surface area contributed by atoms with Crippen LogP contribution in [0.4, 0.5) is 0 Å². The number of ether oxygens (including phenoxy) is 6. The van der Waals surface area contributed by atoms with E-state index >= 15 is 0 Å². The van der Waals surface area contributed by atoms with Crippen LogP contribution in [0.25, 0.3) is 33.1 Å². The van der Waals surface area contributed by atoms with Gasteiger partial charge in [-0.3, -0.25) is 4.79 Å². The second kappa shape index (κ2) is 23.4. The lowest BCUT2D eigenvalue weighted by molar-refractivity contribution is 0.0265. The van der Waals surface area contributed by atoms with Gasteiger partial charge in [-0.15, -0.1) is 0 Å². The Morgan fingerprint density at radius 2 is 0.702 bits per heavy atom. The monoisotopic (exact) mass is 1820 g/mol. The Morgan fingerprint density at radius 3 is 1.07 bits per heavy atom. The van der Waals surface area contributed by atoms with Crippen molar-refractivity contribution in [1.29, 1.82) is 0 Å². The predicted molar refractivity (Wildman–Crippen MR) is 361 cm³/mol. The van der Waals surface area contributed by atoms with Crippen LogP contribution in [0.1, 0.15) is 49.7 Å². The largest absolute Gasteiger partial charge is 0.507 e. The van der Waals surface area contributed by atoms with Crippen molar-refractivity contribution in [2.24, 2.45) is 0 Å². The van der Waals surface area contributed by atoms with E-state index in [1.807, 2.05) is 97.1 Å². The summed E-state index contributed by atoms with van der Waals surface area (Å²) in [7, 11) is 0. The molecule has 1 N–H and O–H groups in total. The average Bonchev–Trinajstić information content (AvgIpc) is 1.82. The molecule has 0 saturated heterocycles. The SMILES string of the molecule is Brc1ccc2c(c1)C1(Br)c3cc(Br)ccc3OC1O2.Brc1ccc2c(c1)C1(Br)c3cc(Br)ccc3OC1O2.Brc1ccc2c(c1)C1c3cc(Br)ccc3OC1O2.Brc1ccc2oc3oc4ccc(Br)cc4c3c2c1.O=Cc1cc(Br)ccc1O. The van der Waals surface area contributed by atoms with Gasteiger partial charge < -0.3 is 42.4 Å². The van der Waals surface area contributed by atoms with E-state index in [2.05, 4.69) is 224 Å². The van der Waals surface area contributed by atoms with Crippen LogP contribution in [-0.4, -0.2) is 30.3 Å². The Hall–Kier alpha value is -4.13. The van der Waals surface area contributed by atoms with Gasteiger partial charge in [-0.05, 0) is 164 Å². The Labute approximate surface area is 571 Å². The highest BCUT2D eigenvalue weighted by Crippen LogP contribution is 2.61. The minimum Gasteiger partial charge on any atom is -0.507 e. The summed E-state index contributed by atoms with van der Waals surface area (Å²) in [6.07, 6.45) is -0.333. The van der Waals surface area contributed by atoms with Gasteiger partial charge in [0.15, 0.2) is 14.9 Å². The third-order valence-corrected chi connectivity index (χ3v) is 21.3. The summed E-state index contributed by atoms with van der Waals surface area (Å²) in [6.45, 7) is 0. The molecule has 0 aliphatic carbocycles. The fourth-order valence-electron chi connectivity index (χ4n) is 10.7. The quantitative estimate of drug-likeness (QED) is 0.126. The number of hydrogen-bond acceptors (Lipinski definition) is 10. The maximum Gasteiger partial charge on any atom is 0.299 e.